The molecule has 0 fully saturated rings. The van der Waals surface area contributed by atoms with Gasteiger partial charge in [-0.05, 0) is 43.3 Å². The number of aryl methyl sites for hydroxylation is 1. The number of halogens is 2. The van der Waals surface area contributed by atoms with Crippen molar-refractivity contribution in [2.24, 2.45) is 5.92 Å². The third kappa shape index (κ3) is 4.06. The summed E-state index contributed by atoms with van der Waals surface area (Å²) >= 11 is 13.1. The number of fused-ring (bicyclic) bond motifs is 1. The number of nitriles is 1. The van der Waals surface area contributed by atoms with E-state index in [1.807, 2.05) is 37.3 Å². The van der Waals surface area contributed by atoms with Gasteiger partial charge in [-0.15, -0.1) is 11.3 Å². The number of thiophene rings is 1. The van der Waals surface area contributed by atoms with Crippen molar-refractivity contribution in [3.8, 4) is 11.8 Å². The first kappa shape index (κ1) is 21.1. The van der Waals surface area contributed by atoms with Gasteiger partial charge in [-0.3, -0.25) is 9.59 Å². The monoisotopic (exact) mass is 468 g/mol. The summed E-state index contributed by atoms with van der Waals surface area (Å²) < 4.78 is 1.75. The van der Waals surface area contributed by atoms with Crippen LogP contribution in [0.3, 0.4) is 0 Å². The highest BCUT2D eigenvalue weighted by Crippen LogP contribution is 2.32. The molecule has 0 aliphatic rings. The summed E-state index contributed by atoms with van der Waals surface area (Å²) in [7, 11) is 0. The minimum atomic E-state index is -1.52. The van der Waals surface area contributed by atoms with E-state index in [0.717, 1.165) is 21.6 Å². The minimum absolute atomic E-state index is 0.213. The van der Waals surface area contributed by atoms with Crippen molar-refractivity contribution in [3.05, 3.63) is 75.2 Å². The highest BCUT2D eigenvalue weighted by Gasteiger charge is 2.30. The normalized spacial score (nSPS) is 11.8. The first-order valence-corrected chi connectivity index (χ1v) is 10.7. The van der Waals surface area contributed by atoms with Crippen LogP contribution < -0.4 is 5.32 Å². The zero-order chi connectivity index (χ0) is 22.1. The van der Waals surface area contributed by atoms with Gasteiger partial charge in [0.15, 0.2) is 11.7 Å². The molecule has 6 nitrogen and oxygen atoms in total. The number of anilines is 1. The average molecular weight is 469 g/mol. The number of carbonyl (C=O) groups excluding carboxylic acids is 2. The maximum atomic E-state index is 13.0. The number of para-hydroxylation sites is 1. The molecule has 2 aromatic heterocycles. The SMILES string of the molecule is Cc1nn(-c2ccccc2)c2sc(C(=O)C(C#N)C(=O)Nc3ccc(Cl)cc3Cl)cc12. The number of aromatic nitrogens is 2. The van der Waals surface area contributed by atoms with Crippen LogP contribution in [0.2, 0.25) is 10.0 Å². The van der Waals surface area contributed by atoms with Crippen LogP contribution in [-0.4, -0.2) is 21.5 Å². The van der Waals surface area contributed by atoms with Crippen LogP contribution in [0.15, 0.2) is 54.6 Å². The first-order chi connectivity index (χ1) is 14.9. The Labute approximate surface area is 191 Å². The van der Waals surface area contributed by atoms with E-state index in [0.29, 0.717) is 9.90 Å². The maximum absolute atomic E-state index is 13.0. The molecule has 1 amide bonds. The summed E-state index contributed by atoms with van der Waals surface area (Å²) in [4.78, 5) is 26.7. The predicted octanol–water partition coefficient (Wildman–Crippen LogP) is 5.66. The Morgan fingerprint density at radius 2 is 1.90 bits per heavy atom. The molecule has 2 aromatic carbocycles. The Morgan fingerprint density at radius 1 is 1.16 bits per heavy atom. The maximum Gasteiger partial charge on any atom is 0.249 e. The Bertz CT molecular complexity index is 1360. The lowest BCUT2D eigenvalue weighted by atomic mass is 10.0. The van der Waals surface area contributed by atoms with Crippen molar-refractivity contribution in [2.75, 3.05) is 5.32 Å². The molecule has 2 heterocycles. The molecule has 0 aliphatic heterocycles. The van der Waals surface area contributed by atoms with E-state index in [-0.39, 0.29) is 10.7 Å². The number of amides is 1. The lowest BCUT2D eigenvalue weighted by Gasteiger charge is -2.10. The zero-order valence-electron chi connectivity index (χ0n) is 16.1. The fraction of sp³-hybridized carbons (Fsp3) is 0.0909. The number of nitrogens with one attached hydrogen (secondary N) is 1. The van der Waals surface area contributed by atoms with E-state index in [1.165, 1.54) is 23.5 Å². The van der Waals surface area contributed by atoms with Gasteiger partial charge in [0.25, 0.3) is 0 Å². The van der Waals surface area contributed by atoms with Crippen LogP contribution in [0.5, 0.6) is 0 Å². The van der Waals surface area contributed by atoms with Gasteiger partial charge in [0.05, 0.1) is 33.0 Å². The van der Waals surface area contributed by atoms with E-state index >= 15 is 0 Å². The summed E-state index contributed by atoms with van der Waals surface area (Å²) in [5, 5.41) is 18.0. The van der Waals surface area contributed by atoms with E-state index in [4.69, 9.17) is 23.2 Å². The topological polar surface area (TPSA) is 87.8 Å². The molecule has 1 unspecified atom stereocenters. The van der Waals surface area contributed by atoms with Crippen LogP contribution in [-0.2, 0) is 4.79 Å². The lowest BCUT2D eigenvalue weighted by Crippen LogP contribution is -2.28. The standard InChI is InChI=1S/C22H14Cl2N4O2S/c1-12-15-10-19(31-22(15)28(27-12)14-5-3-2-4-6-14)20(29)16(11-25)21(30)26-18-8-7-13(23)9-17(18)24/h2-10,16H,1H3,(H,26,30). The molecule has 1 atom stereocenters. The third-order valence-electron chi connectivity index (χ3n) is 4.63. The lowest BCUT2D eigenvalue weighted by molar-refractivity contribution is -0.117. The second-order valence-electron chi connectivity index (χ2n) is 6.70. The summed E-state index contributed by atoms with van der Waals surface area (Å²) in [5.74, 6) is -2.85. The molecule has 0 bridgehead atoms. The number of carbonyl (C=O) groups is 2. The number of hydrogen-bond acceptors (Lipinski definition) is 5. The number of Topliss-reactive ketones (excluding diaryl/α,β-unsaturated/α-hetero) is 1. The number of nitrogens with zero attached hydrogens (tertiary/aromatic N) is 3. The van der Waals surface area contributed by atoms with Crippen molar-refractivity contribution < 1.29 is 9.59 Å². The van der Waals surface area contributed by atoms with E-state index in [1.54, 1.807) is 22.9 Å². The number of ketones is 1. The highest BCUT2D eigenvalue weighted by atomic mass is 35.5. The van der Waals surface area contributed by atoms with Gasteiger partial charge in [0, 0.05) is 10.4 Å². The molecular weight excluding hydrogens is 455 g/mol. The fourth-order valence-electron chi connectivity index (χ4n) is 3.09. The quantitative estimate of drug-likeness (QED) is 0.302. The van der Waals surface area contributed by atoms with E-state index in [2.05, 4.69) is 10.4 Å². The molecule has 1 N–H and O–H groups in total. The Balaban J connectivity index is 1.64. The number of rotatable bonds is 5. The molecule has 0 aliphatic carbocycles. The van der Waals surface area contributed by atoms with Gasteiger partial charge in [-0.25, -0.2) is 4.68 Å². The summed E-state index contributed by atoms with van der Waals surface area (Å²) in [6.07, 6.45) is 0. The van der Waals surface area contributed by atoms with Crippen LogP contribution in [0.1, 0.15) is 15.4 Å². The van der Waals surface area contributed by atoms with Crippen molar-refractivity contribution in [3.63, 3.8) is 0 Å². The molecule has 4 aromatic rings. The van der Waals surface area contributed by atoms with Crippen molar-refractivity contribution in [2.45, 2.75) is 6.92 Å². The minimum Gasteiger partial charge on any atom is -0.323 e. The van der Waals surface area contributed by atoms with Crippen LogP contribution in [0.25, 0.3) is 15.9 Å². The van der Waals surface area contributed by atoms with Crippen molar-refractivity contribution >= 4 is 62.1 Å². The zero-order valence-corrected chi connectivity index (χ0v) is 18.4. The molecule has 154 valence electrons. The van der Waals surface area contributed by atoms with E-state index < -0.39 is 17.6 Å². The molecule has 4 rings (SSSR count). The van der Waals surface area contributed by atoms with Crippen LogP contribution in [0, 0.1) is 24.2 Å². The van der Waals surface area contributed by atoms with Crippen LogP contribution in [0.4, 0.5) is 5.69 Å². The molecule has 9 heteroatoms. The van der Waals surface area contributed by atoms with Gasteiger partial charge in [-0.2, -0.15) is 10.4 Å². The van der Waals surface area contributed by atoms with Gasteiger partial charge < -0.3 is 5.32 Å². The summed E-state index contributed by atoms with van der Waals surface area (Å²) in [5.41, 5.74) is 1.88. The molecule has 0 spiro atoms. The second kappa shape index (κ2) is 8.52. The smallest absolute Gasteiger partial charge is 0.249 e. The largest absolute Gasteiger partial charge is 0.323 e. The van der Waals surface area contributed by atoms with E-state index in [9.17, 15) is 14.9 Å². The second-order valence-corrected chi connectivity index (χ2v) is 8.58. The van der Waals surface area contributed by atoms with Crippen molar-refractivity contribution in [1.82, 2.24) is 9.78 Å². The van der Waals surface area contributed by atoms with Crippen LogP contribution >= 0.6 is 34.5 Å². The summed E-state index contributed by atoms with van der Waals surface area (Å²) in [6, 6.07) is 17.5. The molecular formula is C22H14Cl2N4O2S. The van der Waals surface area contributed by atoms with Gasteiger partial charge in [-0.1, -0.05) is 41.4 Å². The molecule has 0 saturated carbocycles. The van der Waals surface area contributed by atoms with Crippen molar-refractivity contribution in [1.29, 1.82) is 5.26 Å². The first-order valence-electron chi connectivity index (χ1n) is 9.13. The highest BCUT2D eigenvalue weighted by molar-refractivity contribution is 7.20. The predicted molar refractivity (Wildman–Crippen MR) is 122 cm³/mol. The fourth-order valence-corrected chi connectivity index (χ4v) is 4.70. The third-order valence-corrected chi connectivity index (χ3v) is 6.30. The summed E-state index contributed by atoms with van der Waals surface area (Å²) in [6.45, 7) is 1.85. The van der Waals surface area contributed by atoms with Gasteiger partial charge in [0.1, 0.15) is 4.83 Å². The Hall–Kier alpha value is -3.18. The Kier molecular flexibility index (Phi) is 5.79. The molecule has 0 saturated heterocycles. The molecule has 31 heavy (non-hydrogen) atoms. The molecule has 0 radical (unpaired) electrons. The van der Waals surface area contributed by atoms with Gasteiger partial charge in [0.2, 0.25) is 5.91 Å². The number of hydrogen-bond donors (Lipinski definition) is 1. The number of benzene rings is 2. The Morgan fingerprint density at radius 3 is 2.58 bits per heavy atom. The van der Waals surface area contributed by atoms with Gasteiger partial charge >= 0.3 is 0 Å². The average Bonchev–Trinajstić information content (AvgIpc) is 3.32.